The van der Waals surface area contributed by atoms with Crippen LogP contribution >= 0.6 is 11.8 Å². The molecule has 0 radical (unpaired) electrons. The van der Waals surface area contributed by atoms with Gasteiger partial charge in [-0.25, -0.2) is 4.79 Å². The van der Waals surface area contributed by atoms with Crippen molar-refractivity contribution in [1.82, 2.24) is 15.1 Å². The molecule has 1 atom stereocenters. The minimum Gasteiger partial charge on any atom is -0.496 e. The van der Waals surface area contributed by atoms with Gasteiger partial charge in [-0.15, -0.1) is 11.8 Å². The number of urea groups is 1. The molecule has 1 aromatic carbocycles. The van der Waals surface area contributed by atoms with Crippen molar-refractivity contribution in [2.45, 2.75) is 32.2 Å². The van der Waals surface area contributed by atoms with E-state index < -0.39 is 0 Å². The van der Waals surface area contributed by atoms with E-state index in [1.807, 2.05) is 49.9 Å². The number of hydrogen-bond acceptors (Lipinski definition) is 4. The largest absolute Gasteiger partial charge is 0.496 e. The minimum atomic E-state index is -0.0920. The molecule has 2 rings (SSSR count). The van der Waals surface area contributed by atoms with E-state index in [4.69, 9.17) is 4.74 Å². The lowest BCUT2D eigenvalue weighted by atomic mass is 10.2. The van der Waals surface area contributed by atoms with E-state index in [0.29, 0.717) is 25.4 Å². The van der Waals surface area contributed by atoms with Gasteiger partial charge in [0.25, 0.3) is 0 Å². The van der Waals surface area contributed by atoms with Gasteiger partial charge < -0.3 is 19.9 Å². The summed E-state index contributed by atoms with van der Waals surface area (Å²) in [5, 5.41) is 2.83. The summed E-state index contributed by atoms with van der Waals surface area (Å²) < 4.78 is 5.44. The summed E-state index contributed by atoms with van der Waals surface area (Å²) in [6.07, 6.45) is 0. The molecule has 1 aliphatic heterocycles. The van der Waals surface area contributed by atoms with E-state index in [-0.39, 0.29) is 23.4 Å². The van der Waals surface area contributed by atoms with Gasteiger partial charge >= 0.3 is 6.03 Å². The fraction of sp³-hybridized carbons (Fsp3) is 0.556. The number of thioether (sulfide) groups is 1. The molecule has 0 aliphatic carbocycles. The number of hydrogen-bond donors (Lipinski definition) is 1. The molecule has 7 heteroatoms. The summed E-state index contributed by atoms with van der Waals surface area (Å²) in [4.78, 5) is 28.1. The number of carbonyl (C=O) groups is 2. The SMILES string of the molecule is CCN(CCN1C(=O)CSC1c1ccccc1OC)C(=O)NC(C)C. The van der Waals surface area contributed by atoms with E-state index in [2.05, 4.69) is 5.32 Å². The normalized spacial score (nSPS) is 17.1. The molecular weight excluding hydrogens is 338 g/mol. The summed E-state index contributed by atoms with van der Waals surface area (Å²) in [5.41, 5.74) is 0.996. The fourth-order valence-corrected chi connectivity index (χ4v) is 4.04. The van der Waals surface area contributed by atoms with Crippen LogP contribution in [0.15, 0.2) is 24.3 Å². The van der Waals surface area contributed by atoms with Crippen LogP contribution in [0, 0.1) is 0 Å². The molecule has 1 aromatic rings. The number of likely N-dealkylation sites (N-methyl/N-ethyl adjacent to an activating group) is 1. The summed E-state index contributed by atoms with van der Waals surface area (Å²) in [6.45, 7) is 7.43. The van der Waals surface area contributed by atoms with Crippen molar-refractivity contribution in [3.8, 4) is 5.75 Å². The molecule has 25 heavy (non-hydrogen) atoms. The third kappa shape index (κ3) is 4.81. The molecule has 0 bridgehead atoms. The van der Waals surface area contributed by atoms with Crippen molar-refractivity contribution in [2.75, 3.05) is 32.5 Å². The predicted molar refractivity (Wildman–Crippen MR) is 101 cm³/mol. The number of methoxy groups -OCH3 is 1. The van der Waals surface area contributed by atoms with Gasteiger partial charge in [0, 0.05) is 31.2 Å². The Morgan fingerprint density at radius 1 is 1.44 bits per heavy atom. The maximum atomic E-state index is 12.4. The molecule has 1 aliphatic rings. The minimum absolute atomic E-state index is 0.0736. The maximum Gasteiger partial charge on any atom is 0.317 e. The van der Waals surface area contributed by atoms with Gasteiger partial charge in [0.15, 0.2) is 0 Å². The predicted octanol–water partition coefficient (Wildman–Crippen LogP) is 2.71. The van der Waals surface area contributed by atoms with Crippen molar-refractivity contribution < 1.29 is 14.3 Å². The van der Waals surface area contributed by atoms with E-state index in [9.17, 15) is 9.59 Å². The zero-order valence-electron chi connectivity index (χ0n) is 15.3. The van der Waals surface area contributed by atoms with Crippen molar-refractivity contribution >= 4 is 23.7 Å². The third-order valence-corrected chi connectivity index (χ3v) is 5.30. The van der Waals surface area contributed by atoms with E-state index in [0.717, 1.165) is 11.3 Å². The molecule has 138 valence electrons. The van der Waals surface area contributed by atoms with Crippen LogP contribution in [0.25, 0.3) is 0 Å². The van der Waals surface area contributed by atoms with Crippen LogP contribution in [0.1, 0.15) is 31.7 Å². The molecule has 0 saturated carbocycles. The first kappa shape index (κ1) is 19.4. The summed E-state index contributed by atoms with van der Waals surface area (Å²) in [6, 6.07) is 7.77. The summed E-state index contributed by atoms with van der Waals surface area (Å²) >= 11 is 1.60. The monoisotopic (exact) mass is 365 g/mol. The number of benzene rings is 1. The average Bonchev–Trinajstić information content (AvgIpc) is 2.95. The third-order valence-electron chi connectivity index (χ3n) is 4.06. The summed E-state index contributed by atoms with van der Waals surface area (Å²) in [7, 11) is 1.64. The highest BCUT2D eigenvalue weighted by atomic mass is 32.2. The van der Waals surface area contributed by atoms with Gasteiger partial charge in [0.05, 0.1) is 12.9 Å². The number of nitrogens with one attached hydrogen (secondary N) is 1. The number of rotatable bonds is 7. The van der Waals surface area contributed by atoms with Gasteiger partial charge in [-0.3, -0.25) is 4.79 Å². The molecule has 6 nitrogen and oxygen atoms in total. The number of amides is 3. The molecule has 1 N–H and O–H groups in total. The topological polar surface area (TPSA) is 61.9 Å². The van der Waals surface area contributed by atoms with Crippen LogP contribution in [0.3, 0.4) is 0 Å². The van der Waals surface area contributed by atoms with Crippen LogP contribution in [-0.2, 0) is 4.79 Å². The first-order chi connectivity index (χ1) is 12.0. The van der Waals surface area contributed by atoms with Crippen LogP contribution in [0.5, 0.6) is 5.75 Å². The smallest absolute Gasteiger partial charge is 0.317 e. The Morgan fingerprint density at radius 2 is 2.16 bits per heavy atom. The molecule has 1 heterocycles. The van der Waals surface area contributed by atoms with Gasteiger partial charge in [0.1, 0.15) is 11.1 Å². The Hall–Kier alpha value is -1.89. The highest BCUT2D eigenvalue weighted by Crippen LogP contribution is 2.42. The van der Waals surface area contributed by atoms with Gasteiger partial charge in [-0.2, -0.15) is 0 Å². The lowest BCUT2D eigenvalue weighted by Crippen LogP contribution is -2.46. The highest BCUT2D eigenvalue weighted by molar-refractivity contribution is 8.00. The van der Waals surface area contributed by atoms with E-state index in [1.54, 1.807) is 23.8 Å². The van der Waals surface area contributed by atoms with Crippen molar-refractivity contribution in [3.63, 3.8) is 0 Å². The van der Waals surface area contributed by atoms with Crippen LogP contribution in [0.4, 0.5) is 4.79 Å². The zero-order valence-corrected chi connectivity index (χ0v) is 16.1. The number of nitrogens with zero attached hydrogens (tertiary/aromatic N) is 2. The maximum absolute atomic E-state index is 12.4. The van der Waals surface area contributed by atoms with Crippen LogP contribution in [-0.4, -0.2) is 60.3 Å². The Balaban J connectivity index is 2.08. The van der Waals surface area contributed by atoms with E-state index in [1.165, 1.54) is 0 Å². The second-order valence-electron chi connectivity index (χ2n) is 6.18. The Labute approximate surface area is 153 Å². The second-order valence-corrected chi connectivity index (χ2v) is 7.24. The average molecular weight is 365 g/mol. The molecule has 1 fully saturated rings. The Morgan fingerprint density at radius 3 is 2.80 bits per heavy atom. The zero-order chi connectivity index (χ0) is 18.4. The molecule has 1 unspecified atom stereocenters. The van der Waals surface area contributed by atoms with E-state index >= 15 is 0 Å². The number of ether oxygens (including phenoxy) is 1. The fourth-order valence-electron chi connectivity index (χ4n) is 2.79. The molecular formula is C18H27N3O3S. The van der Waals surface area contributed by atoms with Crippen molar-refractivity contribution in [1.29, 1.82) is 0 Å². The number of carbonyl (C=O) groups excluding carboxylic acids is 2. The number of para-hydroxylation sites is 1. The molecule has 0 spiro atoms. The van der Waals surface area contributed by atoms with Crippen LogP contribution < -0.4 is 10.1 Å². The van der Waals surface area contributed by atoms with Crippen molar-refractivity contribution in [3.05, 3.63) is 29.8 Å². The quantitative estimate of drug-likeness (QED) is 0.807. The van der Waals surface area contributed by atoms with Gasteiger partial charge in [-0.05, 0) is 26.8 Å². The lowest BCUT2D eigenvalue weighted by Gasteiger charge is -2.29. The summed E-state index contributed by atoms with van der Waals surface area (Å²) in [5.74, 6) is 1.33. The molecule has 1 saturated heterocycles. The lowest BCUT2D eigenvalue weighted by molar-refractivity contribution is -0.128. The Kier molecular flexibility index (Phi) is 6.99. The van der Waals surface area contributed by atoms with Gasteiger partial charge in [0.2, 0.25) is 5.91 Å². The standard InChI is InChI=1S/C18H27N3O3S/c1-5-20(18(23)19-13(2)3)10-11-21-16(22)12-25-17(21)14-8-6-7-9-15(14)24-4/h6-9,13,17H,5,10-12H2,1-4H3,(H,19,23). The Bertz CT molecular complexity index is 609. The highest BCUT2D eigenvalue weighted by Gasteiger charge is 2.34. The molecule has 0 aromatic heterocycles. The molecule has 3 amide bonds. The van der Waals surface area contributed by atoms with Crippen molar-refractivity contribution in [2.24, 2.45) is 0 Å². The van der Waals surface area contributed by atoms with Crippen LogP contribution in [0.2, 0.25) is 0 Å². The van der Waals surface area contributed by atoms with Gasteiger partial charge in [-0.1, -0.05) is 18.2 Å². The second kappa shape index (κ2) is 8.99. The first-order valence-corrected chi connectivity index (χ1v) is 9.62. The first-order valence-electron chi connectivity index (χ1n) is 8.57.